The standard InChI is InChI=1S/C19H20N4S/c1-13(2)21-16-5-3-14(4-6-16)17-18(15-7-9-20-10-8-15)23-11-12-24-19(23)22-17/h3-10,13,21H,11-12H2,1-2H3. The van der Waals surface area contributed by atoms with Gasteiger partial charge < -0.3 is 9.88 Å². The number of rotatable bonds is 4. The summed E-state index contributed by atoms with van der Waals surface area (Å²) in [6.45, 7) is 5.30. The van der Waals surface area contributed by atoms with E-state index in [9.17, 15) is 0 Å². The highest BCUT2D eigenvalue weighted by atomic mass is 32.2. The second kappa shape index (κ2) is 6.32. The molecule has 0 atom stereocenters. The SMILES string of the molecule is CC(C)Nc1ccc(-c2nc3n(c2-c2ccncc2)CCS3)cc1. The van der Waals surface area contributed by atoms with Gasteiger partial charge >= 0.3 is 0 Å². The number of imidazole rings is 1. The maximum atomic E-state index is 4.91. The minimum atomic E-state index is 0.427. The predicted molar refractivity (Wildman–Crippen MR) is 100 cm³/mol. The summed E-state index contributed by atoms with van der Waals surface area (Å²) in [5.74, 6) is 1.10. The van der Waals surface area contributed by atoms with Crippen LogP contribution in [0.1, 0.15) is 13.8 Å². The zero-order valence-corrected chi connectivity index (χ0v) is 14.7. The van der Waals surface area contributed by atoms with Gasteiger partial charge in [0.15, 0.2) is 5.16 Å². The number of nitrogens with one attached hydrogen (secondary N) is 1. The van der Waals surface area contributed by atoms with Crippen molar-refractivity contribution in [1.82, 2.24) is 14.5 Å². The topological polar surface area (TPSA) is 42.7 Å². The molecule has 4 nitrogen and oxygen atoms in total. The molecule has 0 fully saturated rings. The first kappa shape index (κ1) is 15.3. The second-order valence-electron chi connectivity index (χ2n) is 6.20. The Balaban J connectivity index is 1.79. The van der Waals surface area contributed by atoms with Crippen molar-refractivity contribution in [2.45, 2.75) is 31.6 Å². The van der Waals surface area contributed by atoms with Crippen molar-refractivity contribution in [2.75, 3.05) is 11.1 Å². The van der Waals surface area contributed by atoms with Crippen molar-refractivity contribution in [3.8, 4) is 22.5 Å². The second-order valence-corrected chi connectivity index (χ2v) is 7.27. The van der Waals surface area contributed by atoms with Crippen LogP contribution in [0.2, 0.25) is 0 Å². The maximum absolute atomic E-state index is 4.91. The molecule has 0 saturated carbocycles. The summed E-state index contributed by atoms with van der Waals surface area (Å²) in [5.41, 5.74) is 5.71. The third kappa shape index (κ3) is 2.80. The Kier molecular flexibility index (Phi) is 4.02. The van der Waals surface area contributed by atoms with Gasteiger partial charge in [0, 0.05) is 47.5 Å². The van der Waals surface area contributed by atoms with E-state index in [1.54, 1.807) is 0 Å². The normalized spacial score (nSPS) is 13.3. The van der Waals surface area contributed by atoms with E-state index in [2.05, 4.69) is 65.1 Å². The Hall–Kier alpha value is -2.27. The summed E-state index contributed by atoms with van der Waals surface area (Å²) >= 11 is 1.83. The molecule has 3 heterocycles. The van der Waals surface area contributed by atoms with E-state index in [0.717, 1.165) is 34.4 Å². The molecule has 1 N–H and O–H groups in total. The van der Waals surface area contributed by atoms with Crippen LogP contribution in [0, 0.1) is 0 Å². The monoisotopic (exact) mass is 336 g/mol. The summed E-state index contributed by atoms with van der Waals surface area (Å²) in [6, 6.07) is 13.1. The Morgan fingerprint density at radius 3 is 2.50 bits per heavy atom. The lowest BCUT2D eigenvalue weighted by Gasteiger charge is -2.11. The van der Waals surface area contributed by atoms with E-state index in [1.165, 1.54) is 11.3 Å². The predicted octanol–water partition coefficient (Wildman–Crippen LogP) is 4.54. The van der Waals surface area contributed by atoms with E-state index in [-0.39, 0.29) is 0 Å². The third-order valence-corrected chi connectivity index (χ3v) is 5.00. The van der Waals surface area contributed by atoms with Crippen LogP contribution in [0.25, 0.3) is 22.5 Å². The zero-order chi connectivity index (χ0) is 16.5. The summed E-state index contributed by atoms with van der Waals surface area (Å²) in [5, 5.41) is 4.54. The Labute approximate surface area is 146 Å². The van der Waals surface area contributed by atoms with Gasteiger partial charge in [-0.1, -0.05) is 23.9 Å². The first-order valence-corrected chi connectivity index (χ1v) is 9.21. The van der Waals surface area contributed by atoms with Gasteiger partial charge in [0.1, 0.15) is 0 Å². The van der Waals surface area contributed by atoms with Crippen molar-refractivity contribution in [3.63, 3.8) is 0 Å². The minimum absolute atomic E-state index is 0.427. The number of aromatic nitrogens is 3. The Morgan fingerprint density at radius 1 is 1.04 bits per heavy atom. The molecule has 2 aromatic heterocycles. The molecule has 122 valence electrons. The van der Waals surface area contributed by atoms with Crippen LogP contribution in [-0.2, 0) is 6.54 Å². The lowest BCUT2D eigenvalue weighted by atomic mass is 10.1. The van der Waals surface area contributed by atoms with Crippen molar-refractivity contribution in [2.24, 2.45) is 0 Å². The summed E-state index contributed by atoms with van der Waals surface area (Å²) < 4.78 is 2.33. The Morgan fingerprint density at radius 2 is 1.79 bits per heavy atom. The highest BCUT2D eigenvalue weighted by Gasteiger charge is 2.23. The third-order valence-electron chi connectivity index (χ3n) is 4.05. The highest BCUT2D eigenvalue weighted by molar-refractivity contribution is 7.99. The Bertz CT molecular complexity index is 838. The van der Waals surface area contributed by atoms with Crippen molar-refractivity contribution < 1.29 is 0 Å². The molecule has 0 saturated heterocycles. The molecule has 24 heavy (non-hydrogen) atoms. The van der Waals surface area contributed by atoms with Gasteiger partial charge in [0.2, 0.25) is 0 Å². The van der Waals surface area contributed by atoms with E-state index < -0.39 is 0 Å². The average molecular weight is 336 g/mol. The van der Waals surface area contributed by atoms with Gasteiger partial charge in [-0.15, -0.1) is 0 Å². The zero-order valence-electron chi connectivity index (χ0n) is 13.9. The molecule has 0 amide bonds. The fourth-order valence-electron chi connectivity index (χ4n) is 3.04. The molecule has 4 rings (SSSR count). The fraction of sp³-hybridized carbons (Fsp3) is 0.263. The van der Waals surface area contributed by atoms with Crippen LogP contribution < -0.4 is 5.32 Å². The van der Waals surface area contributed by atoms with Crippen LogP contribution in [0.4, 0.5) is 5.69 Å². The summed E-state index contributed by atoms with van der Waals surface area (Å²) in [7, 11) is 0. The number of nitrogens with zero attached hydrogens (tertiary/aromatic N) is 3. The first-order chi connectivity index (χ1) is 11.7. The number of thioether (sulfide) groups is 1. The van der Waals surface area contributed by atoms with Gasteiger partial charge in [-0.25, -0.2) is 4.98 Å². The van der Waals surface area contributed by atoms with Gasteiger partial charge in [-0.05, 0) is 38.1 Å². The van der Waals surface area contributed by atoms with E-state index in [0.29, 0.717) is 6.04 Å². The van der Waals surface area contributed by atoms with Crippen molar-refractivity contribution >= 4 is 17.4 Å². The van der Waals surface area contributed by atoms with Crippen LogP contribution in [0.15, 0.2) is 53.9 Å². The fourth-order valence-corrected chi connectivity index (χ4v) is 3.99. The molecule has 1 aliphatic heterocycles. The minimum Gasteiger partial charge on any atom is -0.383 e. The van der Waals surface area contributed by atoms with Crippen molar-refractivity contribution in [3.05, 3.63) is 48.8 Å². The highest BCUT2D eigenvalue weighted by Crippen LogP contribution is 2.38. The molecule has 5 heteroatoms. The lowest BCUT2D eigenvalue weighted by molar-refractivity contribution is 0.726. The van der Waals surface area contributed by atoms with Crippen molar-refractivity contribution in [1.29, 1.82) is 0 Å². The van der Waals surface area contributed by atoms with Crippen LogP contribution in [-0.4, -0.2) is 26.3 Å². The maximum Gasteiger partial charge on any atom is 0.169 e. The van der Waals surface area contributed by atoms with Crippen LogP contribution in [0.5, 0.6) is 0 Å². The molecule has 3 aromatic rings. The van der Waals surface area contributed by atoms with E-state index >= 15 is 0 Å². The molecule has 0 radical (unpaired) electrons. The number of pyridine rings is 1. The van der Waals surface area contributed by atoms with E-state index in [4.69, 9.17) is 4.98 Å². The number of anilines is 1. The molecule has 1 aromatic carbocycles. The molecule has 0 unspecified atom stereocenters. The number of hydrogen-bond acceptors (Lipinski definition) is 4. The molecular weight excluding hydrogens is 316 g/mol. The van der Waals surface area contributed by atoms with Gasteiger partial charge in [-0.3, -0.25) is 4.98 Å². The van der Waals surface area contributed by atoms with Gasteiger partial charge in [0.25, 0.3) is 0 Å². The van der Waals surface area contributed by atoms with Crippen LogP contribution >= 0.6 is 11.8 Å². The summed E-state index contributed by atoms with van der Waals surface area (Å²) in [4.78, 5) is 9.06. The molecule has 0 bridgehead atoms. The lowest BCUT2D eigenvalue weighted by Crippen LogP contribution is -2.09. The summed E-state index contributed by atoms with van der Waals surface area (Å²) in [6.07, 6.45) is 3.69. The van der Waals surface area contributed by atoms with Crippen LogP contribution in [0.3, 0.4) is 0 Å². The first-order valence-electron chi connectivity index (χ1n) is 8.23. The van der Waals surface area contributed by atoms with Gasteiger partial charge in [0.05, 0.1) is 11.4 Å². The molecular formula is C19H20N4S. The average Bonchev–Trinajstić information content (AvgIpc) is 3.16. The quantitative estimate of drug-likeness (QED) is 0.760. The largest absolute Gasteiger partial charge is 0.383 e. The smallest absolute Gasteiger partial charge is 0.169 e. The van der Waals surface area contributed by atoms with Gasteiger partial charge in [-0.2, -0.15) is 0 Å². The van der Waals surface area contributed by atoms with E-state index in [1.807, 2.05) is 24.2 Å². The molecule has 1 aliphatic rings. The molecule has 0 spiro atoms. The molecule has 0 aliphatic carbocycles. The number of fused-ring (bicyclic) bond motifs is 1. The number of benzene rings is 1. The number of hydrogen-bond donors (Lipinski definition) is 1.